The highest BCUT2D eigenvalue weighted by Crippen LogP contribution is 2.26. The van der Waals surface area contributed by atoms with E-state index in [-0.39, 0.29) is 5.75 Å². The monoisotopic (exact) mass is 388 g/mol. The minimum absolute atomic E-state index is 0.0566. The van der Waals surface area contributed by atoms with Gasteiger partial charge in [0.25, 0.3) is 0 Å². The number of hydrogen-bond acceptors (Lipinski definition) is 4. The van der Waals surface area contributed by atoms with Crippen LogP contribution >= 0.6 is 0 Å². The Bertz CT molecular complexity index is 912. The quantitative estimate of drug-likeness (QED) is 0.788. The van der Waals surface area contributed by atoms with Crippen LogP contribution in [0.2, 0.25) is 0 Å². The maximum Gasteiger partial charge on any atom is 0.218 e. The Morgan fingerprint density at radius 2 is 1.78 bits per heavy atom. The molecule has 2 aromatic rings. The number of fused-ring (bicyclic) bond motifs is 1. The molecule has 1 aromatic heterocycles. The fourth-order valence-corrected chi connectivity index (χ4v) is 5.62. The SMILES string of the molecule is Cc1ccc(CS(=O)(=O)N2CCc3c(CN4CCCC4)nn(C)c3C2)cc1. The Balaban J connectivity index is 1.50. The molecule has 0 bridgehead atoms. The average Bonchev–Trinajstić information content (AvgIpc) is 3.25. The Morgan fingerprint density at radius 3 is 2.48 bits per heavy atom. The van der Waals surface area contributed by atoms with Gasteiger partial charge in [-0.3, -0.25) is 9.58 Å². The molecule has 0 radical (unpaired) electrons. The standard InChI is InChI=1S/C20H28N4O2S/c1-16-5-7-17(8-6-16)15-27(25,26)24-12-9-18-19(13-23-10-3-4-11-23)21-22(2)20(18)14-24/h5-8H,3-4,9-15H2,1-2H3. The molecular formula is C20H28N4O2S. The van der Waals surface area contributed by atoms with E-state index in [0.29, 0.717) is 13.1 Å². The number of nitrogens with zero attached hydrogens (tertiary/aromatic N) is 4. The molecule has 1 aromatic carbocycles. The Kier molecular flexibility index (Phi) is 5.09. The summed E-state index contributed by atoms with van der Waals surface area (Å²) < 4.78 is 29.4. The highest BCUT2D eigenvalue weighted by molar-refractivity contribution is 7.88. The number of aryl methyl sites for hydroxylation is 2. The third-order valence-electron chi connectivity index (χ3n) is 5.73. The zero-order chi connectivity index (χ0) is 19.0. The zero-order valence-electron chi connectivity index (χ0n) is 16.2. The van der Waals surface area contributed by atoms with Crippen molar-refractivity contribution in [1.82, 2.24) is 19.0 Å². The normalized spacial score (nSPS) is 18.7. The van der Waals surface area contributed by atoms with Crippen LogP contribution in [-0.2, 0) is 42.3 Å². The van der Waals surface area contributed by atoms with Crippen LogP contribution < -0.4 is 0 Å². The van der Waals surface area contributed by atoms with Gasteiger partial charge >= 0.3 is 0 Å². The number of rotatable bonds is 5. The lowest BCUT2D eigenvalue weighted by Gasteiger charge is -2.27. The lowest BCUT2D eigenvalue weighted by Crippen LogP contribution is -2.37. The second-order valence-corrected chi connectivity index (χ2v) is 9.77. The van der Waals surface area contributed by atoms with Crippen molar-refractivity contribution in [3.8, 4) is 0 Å². The van der Waals surface area contributed by atoms with Gasteiger partial charge in [-0.05, 0) is 44.8 Å². The van der Waals surface area contributed by atoms with Crippen LogP contribution in [0.25, 0.3) is 0 Å². The van der Waals surface area contributed by atoms with E-state index in [9.17, 15) is 8.42 Å². The fourth-order valence-electron chi connectivity index (χ4n) is 4.14. The number of sulfonamides is 1. The van der Waals surface area contributed by atoms with Gasteiger partial charge in [0, 0.05) is 25.7 Å². The molecule has 6 nitrogen and oxygen atoms in total. The van der Waals surface area contributed by atoms with Crippen molar-refractivity contribution >= 4 is 10.0 Å². The molecule has 0 spiro atoms. The maximum atomic E-state index is 12.9. The summed E-state index contributed by atoms with van der Waals surface area (Å²) in [6.07, 6.45) is 3.28. The summed E-state index contributed by atoms with van der Waals surface area (Å²) in [6, 6.07) is 7.73. The fraction of sp³-hybridized carbons (Fsp3) is 0.550. The highest BCUT2D eigenvalue weighted by atomic mass is 32.2. The van der Waals surface area contributed by atoms with Gasteiger partial charge in [-0.25, -0.2) is 8.42 Å². The maximum absolute atomic E-state index is 12.9. The van der Waals surface area contributed by atoms with Gasteiger partial charge < -0.3 is 0 Å². The van der Waals surface area contributed by atoms with Crippen LogP contribution in [0.5, 0.6) is 0 Å². The summed E-state index contributed by atoms with van der Waals surface area (Å²) >= 11 is 0. The van der Waals surface area contributed by atoms with Gasteiger partial charge in [0.1, 0.15) is 0 Å². The molecule has 4 rings (SSSR count). The molecule has 1 saturated heterocycles. The average molecular weight is 389 g/mol. The molecule has 0 amide bonds. The molecule has 2 aliphatic heterocycles. The van der Waals surface area contributed by atoms with Crippen molar-refractivity contribution in [1.29, 1.82) is 0 Å². The summed E-state index contributed by atoms with van der Waals surface area (Å²) in [7, 11) is -1.41. The summed E-state index contributed by atoms with van der Waals surface area (Å²) in [6.45, 7) is 6.14. The van der Waals surface area contributed by atoms with E-state index in [1.165, 1.54) is 18.4 Å². The van der Waals surface area contributed by atoms with Crippen LogP contribution in [0, 0.1) is 6.92 Å². The number of hydrogen-bond donors (Lipinski definition) is 0. The van der Waals surface area contributed by atoms with Gasteiger partial charge in [-0.2, -0.15) is 9.40 Å². The second-order valence-electron chi connectivity index (χ2n) is 7.80. The van der Waals surface area contributed by atoms with Crippen LogP contribution in [-0.4, -0.2) is 47.0 Å². The second kappa shape index (κ2) is 7.37. The summed E-state index contributed by atoms with van der Waals surface area (Å²) in [5, 5.41) is 4.72. The first-order valence-corrected chi connectivity index (χ1v) is 11.3. The van der Waals surface area contributed by atoms with E-state index < -0.39 is 10.0 Å². The van der Waals surface area contributed by atoms with Crippen molar-refractivity contribution in [3.05, 3.63) is 52.3 Å². The lowest BCUT2D eigenvalue weighted by molar-refractivity contribution is 0.324. The van der Waals surface area contributed by atoms with Crippen LogP contribution in [0.4, 0.5) is 0 Å². The van der Waals surface area contributed by atoms with Crippen molar-refractivity contribution in [2.75, 3.05) is 19.6 Å². The molecule has 0 unspecified atom stereocenters. The Morgan fingerprint density at radius 1 is 1.07 bits per heavy atom. The minimum atomic E-state index is -3.34. The molecule has 0 N–H and O–H groups in total. The first-order chi connectivity index (χ1) is 12.9. The molecule has 3 heterocycles. The van der Waals surface area contributed by atoms with Crippen LogP contribution in [0.15, 0.2) is 24.3 Å². The highest BCUT2D eigenvalue weighted by Gasteiger charge is 2.31. The van der Waals surface area contributed by atoms with Crippen molar-refractivity contribution in [2.45, 2.75) is 45.0 Å². The molecular weight excluding hydrogens is 360 g/mol. The molecule has 0 saturated carbocycles. The molecule has 2 aliphatic rings. The zero-order valence-corrected chi connectivity index (χ0v) is 17.0. The smallest absolute Gasteiger partial charge is 0.218 e. The van der Waals surface area contributed by atoms with E-state index in [2.05, 4.69) is 4.90 Å². The molecule has 1 fully saturated rings. The molecule has 0 atom stereocenters. The topological polar surface area (TPSA) is 58.4 Å². The van der Waals surface area contributed by atoms with E-state index in [4.69, 9.17) is 5.10 Å². The van der Waals surface area contributed by atoms with Crippen LogP contribution in [0.3, 0.4) is 0 Å². The van der Waals surface area contributed by atoms with Gasteiger partial charge in [0.15, 0.2) is 0 Å². The third kappa shape index (κ3) is 3.95. The van der Waals surface area contributed by atoms with Gasteiger partial charge in [0.05, 0.1) is 23.7 Å². The Hall–Kier alpha value is -1.70. The van der Waals surface area contributed by atoms with Crippen molar-refractivity contribution < 1.29 is 8.42 Å². The predicted molar refractivity (Wildman–Crippen MR) is 106 cm³/mol. The Labute approximate surface area is 161 Å². The first-order valence-electron chi connectivity index (χ1n) is 9.72. The van der Waals surface area contributed by atoms with Crippen LogP contribution in [0.1, 0.15) is 40.9 Å². The molecule has 27 heavy (non-hydrogen) atoms. The third-order valence-corrected chi connectivity index (χ3v) is 7.53. The minimum Gasteiger partial charge on any atom is -0.297 e. The first kappa shape index (κ1) is 18.7. The van der Waals surface area contributed by atoms with Crippen molar-refractivity contribution in [2.24, 2.45) is 7.05 Å². The molecule has 7 heteroatoms. The van der Waals surface area contributed by atoms with E-state index in [1.54, 1.807) is 4.31 Å². The van der Waals surface area contributed by atoms with E-state index >= 15 is 0 Å². The van der Waals surface area contributed by atoms with Gasteiger partial charge in [0.2, 0.25) is 10.0 Å². The summed E-state index contributed by atoms with van der Waals surface area (Å²) in [4.78, 5) is 2.45. The van der Waals surface area contributed by atoms with E-state index in [1.807, 2.05) is 42.9 Å². The molecule has 146 valence electrons. The van der Waals surface area contributed by atoms with Crippen molar-refractivity contribution in [3.63, 3.8) is 0 Å². The van der Waals surface area contributed by atoms with Gasteiger partial charge in [-0.15, -0.1) is 0 Å². The lowest BCUT2D eigenvalue weighted by atomic mass is 10.1. The number of aromatic nitrogens is 2. The number of likely N-dealkylation sites (tertiary alicyclic amines) is 1. The van der Waals surface area contributed by atoms with Gasteiger partial charge in [-0.1, -0.05) is 29.8 Å². The summed E-state index contributed by atoms with van der Waals surface area (Å²) in [5.41, 5.74) is 5.41. The predicted octanol–water partition coefficient (Wildman–Crippen LogP) is 2.21. The van der Waals surface area contributed by atoms with E-state index in [0.717, 1.165) is 48.6 Å². The largest absolute Gasteiger partial charge is 0.297 e. The molecule has 0 aliphatic carbocycles. The summed E-state index contributed by atoms with van der Waals surface area (Å²) in [5.74, 6) is 0.0566. The number of benzene rings is 1.